The fraction of sp³-hybridized carbons (Fsp3) is 0.923. The van der Waals surface area contributed by atoms with Crippen LogP contribution in [-0.4, -0.2) is 49.8 Å². The molecule has 1 rings (SSSR count). The van der Waals surface area contributed by atoms with Crippen molar-refractivity contribution in [3.8, 4) is 6.07 Å². The zero-order valence-electron chi connectivity index (χ0n) is 11.3. The lowest BCUT2D eigenvalue weighted by Crippen LogP contribution is -2.42. The molecular formula is C13H25N3O. The van der Waals surface area contributed by atoms with Gasteiger partial charge in [0.2, 0.25) is 0 Å². The summed E-state index contributed by atoms with van der Waals surface area (Å²) in [5, 5.41) is 12.3. The minimum absolute atomic E-state index is 0.0297. The number of hydrogen-bond acceptors (Lipinski definition) is 4. The predicted octanol–water partition coefficient (Wildman–Crippen LogP) is 1.38. The van der Waals surface area contributed by atoms with Crippen LogP contribution in [0.3, 0.4) is 0 Å². The molecule has 1 aliphatic rings. The molecule has 2 atom stereocenters. The van der Waals surface area contributed by atoms with Crippen LogP contribution in [0.5, 0.6) is 0 Å². The van der Waals surface area contributed by atoms with Gasteiger partial charge < -0.3 is 9.64 Å². The molecule has 1 aliphatic heterocycles. The van der Waals surface area contributed by atoms with E-state index in [1.54, 1.807) is 7.11 Å². The molecule has 0 aromatic heterocycles. The molecule has 0 aliphatic carbocycles. The van der Waals surface area contributed by atoms with Crippen molar-refractivity contribution in [1.82, 2.24) is 10.2 Å². The third-order valence-electron chi connectivity index (χ3n) is 3.22. The van der Waals surface area contributed by atoms with Gasteiger partial charge in [0.25, 0.3) is 0 Å². The van der Waals surface area contributed by atoms with Crippen LogP contribution >= 0.6 is 0 Å². The van der Waals surface area contributed by atoms with Gasteiger partial charge in [0, 0.05) is 26.2 Å². The molecule has 4 nitrogen and oxygen atoms in total. The van der Waals surface area contributed by atoms with Gasteiger partial charge in [-0.3, -0.25) is 5.32 Å². The molecule has 0 bridgehead atoms. The monoisotopic (exact) mass is 239 g/mol. The Hall–Kier alpha value is -0.630. The zero-order valence-corrected chi connectivity index (χ0v) is 11.3. The average molecular weight is 239 g/mol. The fourth-order valence-corrected chi connectivity index (χ4v) is 2.31. The van der Waals surface area contributed by atoms with E-state index in [1.165, 1.54) is 12.8 Å². The molecule has 4 heteroatoms. The maximum absolute atomic E-state index is 9.05. The number of nitriles is 1. The molecule has 2 unspecified atom stereocenters. The Bertz CT molecular complexity index is 250. The summed E-state index contributed by atoms with van der Waals surface area (Å²) in [6.07, 6.45) is 3.64. The maximum atomic E-state index is 9.05. The van der Waals surface area contributed by atoms with Gasteiger partial charge in [0.1, 0.15) is 0 Å². The number of likely N-dealkylation sites (tertiary alicyclic amines) is 1. The Kier molecular flexibility index (Phi) is 6.49. The molecule has 17 heavy (non-hydrogen) atoms. The van der Waals surface area contributed by atoms with E-state index in [9.17, 15) is 0 Å². The number of piperidine rings is 1. The highest BCUT2D eigenvalue weighted by Crippen LogP contribution is 2.13. The Morgan fingerprint density at radius 1 is 1.53 bits per heavy atom. The van der Waals surface area contributed by atoms with Crippen molar-refractivity contribution >= 4 is 0 Å². The van der Waals surface area contributed by atoms with Crippen LogP contribution in [0.1, 0.15) is 33.1 Å². The van der Waals surface area contributed by atoms with E-state index in [2.05, 4.69) is 30.1 Å². The van der Waals surface area contributed by atoms with Crippen molar-refractivity contribution < 1.29 is 4.74 Å². The SMILES string of the molecule is COC1CCCN(CCC(C#N)NC(C)C)C1. The van der Waals surface area contributed by atoms with E-state index in [0.29, 0.717) is 12.1 Å². The van der Waals surface area contributed by atoms with E-state index < -0.39 is 0 Å². The molecule has 0 spiro atoms. The first kappa shape index (κ1) is 14.4. The predicted molar refractivity (Wildman–Crippen MR) is 68.8 cm³/mol. The van der Waals surface area contributed by atoms with Gasteiger partial charge in [-0.15, -0.1) is 0 Å². The normalized spacial score (nSPS) is 23.6. The summed E-state index contributed by atoms with van der Waals surface area (Å²) in [5.74, 6) is 0. The smallest absolute Gasteiger partial charge is 0.0967 e. The summed E-state index contributed by atoms with van der Waals surface area (Å²) in [6, 6.07) is 2.67. The standard InChI is InChI=1S/C13H25N3O/c1-11(2)15-12(9-14)6-8-16-7-4-5-13(10-16)17-3/h11-13,15H,4-8,10H2,1-3H3. The summed E-state index contributed by atoms with van der Waals surface area (Å²) >= 11 is 0. The third kappa shape index (κ3) is 5.49. The molecule has 0 saturated carbocycles. The Morgan fingerprint density at radius 2 is 2.29 bits per heavy atom. The Balaban J connectivity index is 2.26. The first-order valence-corrected chi connectivity index (χ1v) is 6.56. The van der Waals surface area contributed by atoms with Crippen molar-refractivity contribution in [3.63, 3.8) is 0 Å². The van der Waals surface area contributed by atoms with Gasteiger partial charge >= 0.3 is 0 Å². The van der Waals surface area contributed by atoms with Gasteiger partial charge in [-0.1, -0.05) is 0 Å². The molecule has 1 saturated heterocycles. The van der Waals surface area contributed by atoms with Crippen molar-refractivity contribution in [3.05, 3.63) is 0 Å². The zero-order chi connectivity index (χ0) is 12.7. The molecule has 0 radical (unpaired) electrons. The number of nitrogens with zero attached hydrogens (tertiary/aromatic N) is 2. The number of rotatable bonds is 6. The van der Waals surface area contributed by atoms with E-state index in [-0.39, 0.29) is 6.04 Å². The van der Waals surface area contributed by atoms with Gasteiger partial charge in [-0.25, -0.2) is 0 Å². The topological polar surface area (TPSA) is 48.3 Å². The van der Waals surface area contributed by atoms with E-state index in [0.717, 1.165) is 26.1 Å². The quantitative estimate of drug-likeness (QED) is 0.760. The minimum atomic E-state index is -0.0297. The third-order valence-corrected chi connectivity index (χ3v) is 3.22. The second kappa shape index (κ2) is 7.65. The lowest BCUT2D eigenvalue weighted by atomic mass is 10.1. The molecule has 0 aromatic carbocycles. The Labute approximate surface area is 105 Å². The summed E-state index contributed by atoms with van der Waals surface area (Å²) < 4.78 is 5.40. The van der Waals surface area contributed by atoms with Crippen molar-refractivity contribution in [1.29, 1.82) is 5.26 Å². The van der Waals surface area contributed by atoms with Crippen LogP contribution in [-0.2, 0) is 4.74 Å². The Morgan fingerprint density at radius 3 is 2.88 bits per heavy atom. The number of hydrogen-bond donors (Lipinski definition) is 1. The molecule has 0 amide bonds. The molecule has 0 aromatic rings. The van der Waals surface area contributed by atoms with E-state index >= 15 is 0 Å². The van der Waals surface area contributed by atoms with Crippen LogP contribution in [0.15, 0.2) is 0 Å². The van der Waals surface area contributed by atoms with Gasteiger partial charge in [-0.05, 0) is 39.7 Å². The van der Waals surface area contributed by atoms with Crippen molar-refractivity contribution in [2.24, 2.45) is 0 Å². The van der Waals surface area contributed by atoms with Crippen LogP contribution < -0.4 is 5.32 Å². The molecule has 1 fully saturated rings. The van der Waals surface area contributed by atoms with Crippen molar-refractivity contribution in [2.75, 3.05) is 26.7 Å². The van der Waals surface area contributed by atoms with Crippen LogP contribution in [0.2, 0.25) is 0 Å². The second-order valence-corrected chi connectivity index (χ2v) is 5.09. The maximum Gasteiger partial charge on any atom is 0.0967 e. The summed E-state index contributed by atoms with van der Waals surface area (Å²) in [6.45, 7) is 7.28. The fourth-order valence-electron chi connectivity index (χ4n) is 2.31. The largest absolute Gasteiger partial charge is 0.380 e. The highest BCUT2D eigenvalue weighted by atomic mass is 16.5. The highest BCUT2D eigenvalue weighted by Gasteiger charge is 2.20. The summed E-state index contributed by atoms with van der Waals surface area (Å²) in [4.78, 5) is 2.41. The van der Waals surface area contributed by atoms with Crippen LogP contribution in [0, 0.1) is 11.3 Å². The summed E-state index contributed by atoms with van der Waals surface area (Å²) in [5.41, 5.74) is 0. The first-order chi connectivity index (χ1) is 8.15. The number of ether oxygens (including phenoxy) is 1. The summed E-state index contributed by atoms with van der Waals surface area (Å²) in [7, 11) is 1.78. The first-order valence-electron chi connectivity index (χ1n) is 6.56. The number of nitrogens with one attached hydrogen (secondary N) is 1. The average Bonchev–Trinajstić information content (AvgIpc) is 2.34. The lowest BCUT2D eigenvalue weighted by molar-refractivity contribution is 0.0305. The highest BCUT2D eigenvalue weighted by molar-refractivity contribution is 4.91. The van der Waals surface area contributed by atoms with Crippen LogP contribution in [0.25, 0.3) is 0 Å². The molecular weight excluding hydrogens is 214 g/mol. The van der Waals surface area contributed by atoms with E-state index in [1.807, 2.05) is 0 Å². The molecule has 98 valence electrons. The minimum Gasteiger partial charge on any atom is -0.380 e. The second-order valence-electron chi connectivity index (χ2n) is 5.09. The van der Waals surface area contributed by atoms with Crippen LogP contribution in [0.4, 0.5) is 0 Å². The molecule has 1 N–H and O–H groups in total. The van der Waals surface area contributed by atoms with Gasteiger partial charge in [0.05, 0.1) is 18.2 Å². The van der Waals surface area contributed by atoms with Gasteiger partial charge in [-0.2, -0.15) is 5.26 Å². The lowest BCUT2D eigenvalue weighted by Gasteiger charge is -2.32. The van der Waals surface area contributed by atoms with Crippen molar-refractivity contribution in [2.45, 2.75) is 51.3 Å². The van der Waals surface area contributed by atoms with Gasteiger partial charge in [0.15, 0.2) is 0 Å². The number of methoxy groups -OCH3 is 1. The van der Waals surface area contributed by atoms with E-state index in [4.69, 9.17) is 10.00 Å². The molecule has 1 heterocycles.